The average Bonchev–Trinajstić information content (AvgIpc) is 3.16. The zero-order valence-electron chi connectivity index (χ0n) is 14.8. The summed E-state index contributed by atoms with van der Waals surface area (Å²) < 4.78 is 5.44. The summed E-state index contributed by atoms with van der Waals surface area (Å²) in [6, 6.07) is 9.09. The van der Waals surface area contributed by atoms with Crippen LogP contribution in [0.4, 0.5) is 5.69 Å². The van der Waals surface area contributed by atoms with Gasteiger partial charge in [0.05, 0.1) is 13.2 Å². The summed E-state index contributed by atoms with van der Waals surface area (Å²) >= 11 is 0. The second-order valence-corrected chi connectivity index (χ2v) is 6.24. The minimum atomic E-state index is -0.530. The van der Waals surface area contributed by atoms with E-state index in [9.17, 15) is 4.79 Å². The molecule has 3 heterocycles. The van der Waals surface area contributed by atoms with Crippen LogP contribution < -0.4 is 10.6 Å². The van der Waals surface area contributed by atoms with Crippen LogP contribution in [-0.2, 0) is 10.3 Å². The Morgan fingerprint density at radius 3 is 2.93 bits per heavy atom. The number of carbonyl (C=O) groups excluding carboxylic acids is 1. The molecular weight excluding hydrogens is 346 g/mol. The van der Waals surface area contributed by atoms with E-state index in [1.807, 2.05) is 25.1 Å². The number of hydrogen-bond acceptors (Lipinski definition) is 7. The molecule has 0 saturated carbocycles. The van der Waals surface area contributed by atoms with Crippen molar-refractivity contribution in [2.75, 3.05) is 25.1 Å². The van der Waals surface area contributed by atoms with E-state index in [4.69, 9.17) is 4.74 Å². The molecule has 9 heteroatoms. The lowest BCUT2D eigenvalue weighted by Crippen LogP contribution is -2.53. The number of amides is 1. The number of rotatable bonds is 6. The van der Waals surface area contributed by atoms with E-state index in [2.05, 4.69) is 35.8 Å². The Bertz CT molecular complexity index is 938. The Labute approximate surface area is 155 Å². The second-order valence-electron chi connectivity index (χ2n) is 6.24. The maximum Gasteiger partial charge on any atom is 0.251 e. The van der Waals surface area contributed by atoms with E-state index >= 15 is 0 Å². The molecule has 1 aliphatic heterocycles. The molecule has 1 saturated heterocycles. The molecule has 138 valence electrons. The molecule has 1 aromatic carbocycles. The van der Waals surface area contributed by atoms with Crippen LogP contribution in [0.25, 0.3) is 11.5 Å². The number of anilines is 1. The first-order valence-corrected chi connectivity index (χ1v) is 8.64. The highest BCUT2D eigenvalue weighted by atomic mass is 16.5. The number of hydrogen-bond donors (Lipinski definition) is 3. The summed E-state index contributed by atoms with van der Waals surface area (Å²) in [4.78, 5) is 24.7. The minimum Gasteiger partial charge on any atom is -0.375 e. The normalized spacial score (nSPS) is 15.0. The average molecular weight is 365 g/mol. The number of carbonyl (C=O) groups is 1. The smallest absolute Gasteiger partial charge is 0.251 e. The lowest BCUT2D eigenvalue weighted by molar-refractivity contribution is -0.0487. The molecule has 3 N–H and O–H groups in total. The highest BCUT2D eigenvalue weighted by Gasteiger charge is 2.44. The predicted molar refractivity (Wildman–Crippen MR) is 98.0 cm³/mol. The van der Waals surface area contributed by atoms with Crippen LogP contribution in [0.1, 0.15) is 23.1 Å². The van der Waals surface area contributed by atoms with Gasteiger partial charge in [-0.2, -0.15) is 5.10 Å². The van der Waals surface area contributed by atoms with Crippen molar-refractivity contribution < 1.29 is 9.53 Å². The highest BCUT2D eigenvalue weighted by Crippen LogP contribution is 2.32. The quantitative estimate of drug-likeness (QED) is 0.603. The van der Waals surface area contributed by atoms with Crippen molar-refractivity contribution in [2.24, 2.45) is 0 Å². The van der Waals surface area contributed by atoms with Crippen molar-refractivity contribution in [1.29, 1.82) is 0 Å². The molecule has 3 aromatic rings. The topological polar surface area (TPSA) is 118 Å². The van der Waals surface area contributed by atoms with Gasteiger partial charge in [0.1, 0.15) is 17.6 Å². The second kappa shape index (κ2) is 7.12. The maximum absolute atomic E-state index is 12.1. The van der Waals surface area contributed by atoms with Crippen LogP contribution in [0.15, 0.2) is 42.9 Å². The number of aromatic amines is 1. The van der Waals surface area contributed by atoms with Gasteiger partial charge in [0, 0.05) is 24.0 Å². The van der Waals surface area contributed by atoms with Crippen LogP contribution in [0.2, 0.25) is 0 Å². The fourth-order valence-corrected chi connectivity index (χ4v) is 2.86. The van der Waals surface area contributed by atoms with Gasteiger partial charge in [-0.3, -0.25) is 9.89 Å². The third kappa shape index (κ3) is 3.36. The number of benzene rings is 1. The molecule has 1 amide bonds. The number of nitrogens with zero attached hydrogens (tertiary/aromatic N) is 4. The Morgan fingerprint density at radius 1 is 1.33 bits per heavy atom. The summed E-state index contributed by atoms with van der Waals surface area (Å²) in [6.07, 6.45) is 3.10. The van der Waals surface area contributed by atoms with Gasteiger partial charge in [0.25, 0.3) is 5.91 Å². The molecule has 1 fully saturated rings. The van der Waals surface area contributed by atoms with E-state index in [0.29, 0.717) is 42.7 Å². The van der Waals surface area contributed by atoms with Gasteiger partial charge in [-0.15, -0.1) is 0 Å². The molecular formula is C18H19N7O2. The summed E-state index contributed by atoms with van der Waals surface area (Å²) in [7, 11) is 0. The Balaban J connectivity index is 1.58. The van der Waals surface area contributed by atoms with Gasteiger partial charge < -0.3 is 15.4 Å². The summed E-state index contributed by atoms with van der Waals surface area (Å²) in [5.74, 6) is 1.05. The molecule has 27 heavy (non-hydrogen) atoms. The lowest BCUT2D eigenvalue weighted by atomic mass is 9.95. The molecule has 0 atom stereocenters. The SMILES string of the molecule is CCNC(=O)c1cccc(NC2(c3nc(-c4ccncn4)n[nH]3)COC2)c1. The lowest BCUT2D eigenvalue weighted by Gasteiger charge is -2.40. The zero-order chi connectivity index (χ0) is 18.7. The maximum atomic E-state index is 12.1. The highest BCUT2D eigenvalue weighted by molar-refractivity contribution is 5.95. The molecule has 0 spiro atoms. The first kappa shape index (κ1) is 17.1. The van der Waals surface area contributed by atoms with Crippen LogP contribution >= 0.6 is 0 Å². The first-order chi connectivity index (χ1) is 13.2. The molecule has 0 radical (unpaired) electrons. The van der Waals surface area contributed by atoms with E-state index in [1.165, 1.54) is 6.33 Å². The summed E-state index contributed by atoms with van der Waals surface area (Å²) in [5, 5.41) is 13.5. The molecule has 1 aliphatic rings. The van der Waals surface area contributed by atoms with E-state index in [0.717, 1.165) is 5.69 Å². The molecule has 0 bridgehead atoms. The Kier molecular flexibility index (Phi) is 4.51. The summed E-state index contributed by atoms with van der Waals surface area (Å²) in [6.45, 7) is 3.35. The van der Waals surface area contributed by atoms with Gasteiger partial charge in [-0.1, -0.05) is 6.07 Å². The number of nitrogens with one attached hydrogen (secondary N) is 3. The van der Waals surface area contributed by atoms with Gasteiger partial charge in [0.15, 0.2) is 11.6 Å². The van der Waals surface area contributed by atoms with Crippen molar-refractivity contribution >= 4 is 11.6 Å². The fourth-order valence-electron chi connectivity index (χ4n) is 2.86. The van der Waals surface area contributed by atoms with Crippen LogP contribution in [0, 0.1) is 0 Å². The largest absolute Gasteiger partial charge is 0.375 e. The molecule has 9 nitrogen and oxygen atoms in total. The van der Waals surface area contributed by atoms with Gasteiger partial charge >= 0.3 is 0 Å². The third-order valence-corrected chi connectivity index (χ3v) is 4.29. The first-order valence-electron chi connectivity index (χ1n) is 8.64. The zero-order valence-corrected chi connectivity index (χ0v) is 14.8. The standard InChI is InChI=1S/C18H19N7O2/c1-2-20-16(26)12-4-3-5-13(8-12)23-18(9-27-10-18)17-22-15(24-25-17)14-6-7-19-11-21-14/h3-8,11,23H,2,9-10H2,1H3,(H,20,26)(H,22,24,25). The van der Waals surface area contributed by atoms with Crippen molar-refractivity contribution in [3.05, 3.63) is 54.2 Å². The Morgan fingerprint density at radius 2 is 2.22 bits per heavy atom. The van der Waals surface area contributed by atoms with Crippen LogP contribution in [0.5, 0.6) is 0 Å². The number of aromatic nitrogens is 5. The monoisotopic (exact) mass is 365 g/mol. The van der Waals surface area contributed by atoms with Gasteiger partial charge in [0.2, 0.25) is 0 Å². The van der Waals surface area contributed by atoms with Crippen molar-refractivity contribution in [1.82, 2.24) is 30.5 Å². The van der Waals surface area contributed by atoms with Gasteiger partial charge in [-0.05, 0) is 31.2 Å². The molecule has 4 rings (SSSR count). The van der Waals surface area contributed by atoms with Crippen molar-refractivity contribution in [3.63, 3.8) is 0 Å². The van der Waals surface area contributed by atoms with Crippen LogP contribution in [0.3, 0.4) is 0 Å². The van der Waals surface area contributed by atoms with E-state index in [-0.39, 0.29) is 5.91 Å². The number of ether oxygens (including phenoxy) is 1. The minimum absolute atomic E-state index is 0.106. The Hall–Kier alpha value is -3.33. The van der Waals surface area contributed by atoms with Crippen molar-refractivity contribution in [3.8, 4) is 11.5 Å². The van der Waals surface area contributed by atoms with Crippen molar-refractivity contribution in [2.45, 2.75) is 12.5 Å². The predicted octanol–water partition coefficient (Wildman–Crippen LogP) is 1.35. The van der Waals surface area contributed by atoms with Gasteiger partial charge in [-0.25, -0.2) is 15.0 Å². The number of H-pyrrole nitrogens is 1. The summed E-state index contributed by atoms with van der Waals surface area (Å²) in [5.41, 5.74) is 1.51. The van der Waals surface area contributed by atoms with Crippen LogP contribution in [-0.4, -0.2) is 50.8 Å². The third-order valence-electron chi connectivity index (χ3n) is 4.29. The molecule has 0 aliphatic carbocycles. The molecule has 2 aromatic heterocycles. The van der Waals surface area contributed by atoms with E-state index in [1.54, 1.807) is 18.3 Å². The molecule has 0 unspecified atom stereocenters. The van der Waals surface area contributed by atoms with E-state index < -0.39 is 5.54 Å². The fraction of sp³-hybridized carbons (Fsp3) is 0.278.